The first-order chi connectivity index (χ1) is 15.1. The van der Waals surface area contributed by atoms with E-state index in [2.05, 4.69) is 17.4 Å². The molecule has 0 atom stereocenters. The molecule has 164 valence electrons. The van der Waals surface area contributed by atoms with E-state index in [1.165, 1.54) is 5.56 Å². The highest BCUT2D eigenvalue weighted by Crippen LogP contribution is 2.37. The first-order valence-corrected chi connectivity index (χ1v) is 11.5. The van der Waals surface area contributed by atoms with Gasteiger partial charge in [-0.15, -0.1) is 0 Å². The van der Waals surface area contributed by atoms with Crippen molar-refractivity contribution in [2.75, 3.05) is 13.1 Å². The maximum atomic E-state index is 12.8. The Kier molecular flexibility index (Phi) is 6.90. The number of benzene rings is 2. The molecule has 1 aliphatic carbocycles. The molecule has 1 saturated carbocycles. The van der Waals surface area contributed by atoms with E-state index in [0.717, 1.165) is 37.7 Å². The number of piperidine rings is 1. The lowest BCUT2D eigenvalue weighted by Gasteiger charge is -2.41. The second-order valence-electron chi connectivity index (χ2n) is 8.74. The maximum absolute atomic E-state index is 12.8. The van der Waals surface area contributed by atoms with Gasteiger partial charge in [-0.3, -0.25) is 4.79 Å². The molecule has 1 N–H and O–H groups in total. The number of carbonyl (C=O) groups is 2. The molecule has 1 heterocycles. The summed E-state index contributed by atoms with van der Waals surface area (Å²) in [6, 6.07) is 20.3. The van der Waals surface area contributed by atoms with E-state index in [-0.39, 0.29) is 18.0 Å². The maximum Gasteiger partial charge on any atom is 0.408 e. The van der Waals surface area contributed by atoms with E-state index in [4.69, 9.17) is 4.74 Å². The molecule has 2 aromatic rings. The number of nitrogens with one attached hydrogen (secondary N) is 1. The van der Waals surface area contributed by atoms with Crippen molar-refractivity contribution in [3.63, 3.8) is 0 Å². The zero-order valence-corrected chi connectivity index (χ0v) is 18.1. The molecule has 0 bridgehead atoms. The van der Waals surface area contributed by atoms with Gasteiger partial charge < -0.3 is 15.0 Å². The fourth-order valence-corrected chi connectivity index (χ4v) is 4.81. The number of amides is 2. The van der Waals surface area contributed by atoms with Crippen molar-refractivity contribution >= 4 is 12.0 Å². The third kappa shape index (κ3) is 5.46. The van der Waals surface area contributed by atoms with Crippen LogP contribution in [0.1, 0.15) is 56.1 Å². The van der Waals surface area contributed by atoms with Crippen LogP contribution in [-0.2, 0) is 21.6 Å². The summed E-state index contributed by atoms with van der Waals surface area (Å²) < 4.78 is 6.10. The standard InChI is InChI=1S/C26H32N2O3/c29-24(16-15-21-9-3-1-4-10-21)28-19-17-26(18-20-28,22-11-5-2-6-12-22)31-25(30)27-23-13-7-8-14-23/h1-6,9-12,23H,7-8,13-20H2,(H,27,30). The topological polar surface area (TPSA) is 58.6 Å². The number of rotatable bonds is 6. The largest absolute Gasteiger partial charge is 0.438 e. The van der Waals surface area contributed by atoms with E-state index >= 15 is 0 Å². The van der Waals surface area contributed by atoms with Crippen molar-refractivity contribution in [1.82, 2.24) is 10.2 Å². The zero-order chi connectivity index (χ0) is 21.5. The number of likely N-dealkylation sites (tertiary alicyclic amines) is 1. The number of aryl methyl sites for hydroxylation is 1. The summed E-state index contributed by atoms with van der Waals surface area (Å²) in [6.07, 6.45) is 6.53. The number of hydrogen-bond donors (Lipinski definition) is 1. The van der Waals surface area contributed by atoms with Gasteiger partial charge in [-0.2, -0.15) is 0 Å². The summed E-state index contributed by atoms with van der Waals surface area (Å²) in [5, 5.41) is 3.05. The molecule has 1 aliphatic heterocycles. The van der Waals surface area contributed by atoms with E-state index in [1.807, 2.05) is 53.4 Å². The number of hydrogen-bond acceptors (Lipinski definition) is 3. The van der Waals surface area contributed by atoms with Crippen molar-refractivity contribution in [3.05, 3.63) is 71.8 Å². The Bertz CT molecular complexity index is 855. The molecular weight excluding hydrogens is 388 g/mol. The molecule has 2 aromatic carbocycles. The van der Waals surface area contributed by atoms with Crippen LogP contribution in [0.2, 0.25) is 0 Å². The summed E-state index contributed by atoms with van der Waals surface area (Å²) in [5.74, 6) is 0.168. The monoisotopic (exact) mass is 420 g/mol. The van der Waals surface area contributed by atoms with Gasteiger partial charge in [0.25, 0.3) is 0 Å². The molecule has 2 amide bonds. The molecule has 5 heteroatoms. The lowest BCUT2D eigenvalue weighted by Crippen LogP contribution is -2.49. The minimum absolute atomic E-state index is 0.168. The van der Waals surface area contributed by atoms with Gasteiger partial charge in [0.2, 0.25) is 5.91 Å². The van der Waals surface area contributed by atoms with Crippen LogP contribution in [0, 0.1) is 0 Å². The Balaban J connectivity index is 1.38. The fraction of sp³-hybridized carbons (Fsp3) is 0.462. The third-order valence-corrected chi connectivity index (χ3v) is 6.66. The highest BCUT2D eigenvalue weighted by Gasteiger charge is 2.41. The SMILES string of the molecule is O=C(NC1CCCC1)OC1(c2ccccc2)CCN(C(=O)CCc2ccccc2)CC1. The summed E-state index contributed by atoms with van der Waals surface area (Å²) in [7, 11) is 0. The van der Waals surface area contributed by atoms with Gasteiger partial charge in [0.1, 0.15) is 5.60 Å². The molecule has 0 aromatic heterocycles. The highest BCUT2D eigenvalue weighted by molar-refractivity contribution is 5.76. The number of ether oxygens (including phenoxy) is 1. The molecule has 31 heavy (non-hydrogen) atoms. The predicted molar refractivity (Wildman–Crippen MR) is 121 cm³/mol. The number of carbonyl (C=O) groups excluding carboxylic acids is 2. The molecule has 0 radical (unpaired) electrons. The molecule has 2 fully saturated rings. The van der Waals surface area contributed by atoms with Crippen LogP contribution in [0.15, 0.2) is 60.7 Å². The van der Waals surface area contributed by atoms with Crippen LogP contribution < -0.4 is 5.32 Å². The van der Waals surface area contributed by atoms with E-state index in [1.54, 1.807) is 0 Å². The average molecular weight is 421 g/mol. The minimum atomic E-state index is -0.680. The summed E-state index contributed by atoms with van der Waals surface area (Å²) in [6.45, 7) is 1.19. The van der Waals surface area contributed by atoms with Crippen LogP contribution in [0.5, 0.6) is 0 Å². The Morgan fingerprint density at radius 3 is 2.19 bits per heavy atom. The molecule has 0 spiro atoms. The zero-order valence-electron chi connectivity index (χ0n) is 18.1. The molecule has 1 saturated heterocycles. The van der Waals surface area contributed by atoms with Crippen LogP contribution in [0.3, 0.4) is 0 Å². The van der Waals surface area contributed by atoms with Gasteiger partial charge in [0, 0.05) is 38.4 Å². The molecule has 5 nitrogen and oxygen atoms in total. The van der Waals surface area contributed by atoms with E-state index < -0.39 is 5.60 Å². The Labute approximate surface area is 184 Å². The fourth-order valence-electron chi connectivity index (χ4n) is 4.81. The van der Waals surface area contributed by atoms with Gasteiger partial charge in [0.05, 0.1) is 0 Å². The molecule has 2 aliphatic rings. The normalized spacial score (nSPS) is 18.5. The highest BCUT2D eigenvalue weighted by atomic mass is 16.6. The summed E-state index contributed by atoms with van der Waals surface area (Å²) >= 11 is 0. The first-order valence-electron chi connectivity index (χ1n) is 11.5. The summed E-state index contributed by atoms with van der Waals surface area (Å²) in [5.41, 5.74) is 1.51. The van der Waals surface area contributed by atoms with Gasteiger partial charge in [-0.05, 0) is 30.4 Å². The predicted octanol–water partition coefficient (Wildman–Crippen LogP) is 4.81. The van der Waals surface area contributed by atoms with Crippen LogP contribution in [-0.4, -0.2) is 36.0 Å². The van der Waals surface area contributed by atoms with E-state index in [0.29, 0.717) is 32.4 Å². The van der Waals surface area contributed by atoms with Gasteiger partial charge >= 0.3 is 6.09 Å². The Morgan fingerprint density at radius 2 is 1.55 bits per heavy atom. The van der Waals surface area contributed by atoms with Crippen LogP contribution in [0.25, 0.3) is 0 Å². The molecule has 4 rings (SSSR count). The number of nitrogens with zero attached hydrogens (tertiary/aromatic N) is 1. The first kappa shape index (κ1) is 21.4. The molecular formula is C26H32N2O3. The van der Waals surface area contributed by atoms with Crippen molar-refractivity contribution in [2.24, 2.45) is 0 Å². The van der Waals surface area contributed by atoms with Crippen molar-refractivity contribution in [2.45, 2.75) is 63.0 Å². The van der Waals surface area contributed by atoms with E-state index in [9.17, 15) is 9.59 Å². The van der Waals surface area contributed by atoms with Crippen molar-refractivity contribution < 1.29 is 14.3 Å². The van der Waals surface area contributed by atoms with Crippen LogP contribution >= 0.6 is 0 Å². The second kappa shape index (κ2) is 9.99. The Morgan fingerprint density at radius 1 is 0.935 bits per heavy atom. The Hall–Kier alpha value is -2.82. The van der Waals surface area contributed by atoms with Gasteiger partial charge in [-0.25, -0.2) is 4.79 Å². The van der Waals surface area contributed by atoms with Gasteiger partial charge in [-0.1, -0.05) is 73.5 Å². The second-order valence-corrected chi connectivity index (χ2v) is 8.74. The minimum Gasteiger partial charge on any atom is -0.438 e. The van der Waals surface area contributed by atoms with Gasteiger partial charge in [0.15, 0.2) is 0 Å². The van der Waals surface area contributed by atoms with Crippen molar-refractivity contribution in [3.8, 4) is 0 Å². The lowest BCUT2D eigenvalue weighted by molar-refractivity contribution is -0.135. The summed E-state index contributed by atoms with van der Waals surface area (Å²) in [4.78, 5) is 27.4. The van der Waals surface area contributed by atoms with Crippen molar-refractivity contribution in [1.29, 1.82) is 0 Å². The average Bonchev–Trinajstić information content (AvgIpc) is 3.32. The lowest BCUT2D eigenvalue weighted by atomic mass is 9.84. The number of alkyl carbamates (subject to hydrolysis) is 1. The van der Waals surface area contributed by atoms with Crippen LogP contribution in [0.4, 0.5) is 4.79 Å². The third-order valence-electron chi connectivity index (χ3n) is 6.66. The smallest absolute Gasteiger partial charge is 0.408 e. The molecule has 0 unspecified atom stereocenters. The quantitative estimate of drug-likeness (QED) is 0.730.